The Morgan fingerprint density at radius 3 is 2.83 bits per heavy atom. The Bertz CT molecular complexity index is 554. The zero-order valence-electron chi connectivity index (χ0n) is 11.0. The molecule has 18 heavy (non-hydrogen) atoms. The first-order valence-electron chi connectivity index (χ1n) is 6.64. The van der Waals surface area contributed by atoms with Gasteiger partial charge in [-0.25, -0.2) is 0 Å². The highest BCUT2D eigenvalue weighted by Gasteiger charge is 2.17. The van der Waals surface area contributed by atoms with Crippen LogP contribution in [0.4, 0.5) is 11.8 Å². The van der Waals surface area contributed by atoms with E-state index in [-0.39, 0.29) is 0 Å². The Morgan fingerprint density at radius 2 is 2.11 bits per heavy atom. The number of H-pyrrole nitrogens is 1. The summed E-state index contributed by atoms with van der Waals surface area (Å²) in [6.07, 6.45) is 2.48. The molecule has 1 fully saturated rings. The minimum Gasteiger partial charge on any atom is -0.370 e. The van der Waals surface area contributed by atoms with Crippen LogP contribution >= 0.6 is 0 Å². The van der Waals surface area contributed by atoms with Crippen LogP contribution in [0, 0.1) is 6.92 Å². The Morgan fingerprint density at radius 1 is 1.33 bits per heavy atom. The predicted octanol–water partition coefficient (Wildman–Crippen LogP) is 2.30. The lowest BCUT2D eigenvalue weighted by atomic mass is 10.3. The second-order valence-electron chi connectivity index (χ2n) is 4.81. The van der Waals surface area contributed by atoms with Crippen LogP contribution in [0.15, 0.2) is 6.07 Å². The average Bonchev–Trinajstić information content (AvgIpc) is 2.96. The Balaban J connectivity index is 2.09. The van der Waals surface area contributed by atoms with Crippen molar-refractivity contribution < 1.29 is 0 Å². The van der Waals surface area contributed by atoms with Crippen LogP contribution in [0.1, 0.15) is 25.5 Å². The van der Waals surface area contributed by atoms with Crippen LogP contribution in [0.2, 0.25) is 0 Å². The molecule has 5 nitrogen and oxygen atoms in total. The van der Waals surface area contributed by atoms with E-state index in [1.807, 2.05) is 6.92 Å². The molecule has 0 spiro atoms. The first-order chi connectivity index (χ1) is 8.78. The quantitative estimate of drug-likeness (QED) is 0.871. The van der Waals surface area contributed by atoms with E-state index in [9.17, 15) is 0 Å². The third-order valence-corrected chi connectivity index (χ3v) is 3.34. The molecule has 1 saturated heterocycles. The molecule has 2 aromatic rings. The summed E-state index contributed by atoms with van der Waals surface area (Å²) in [7, 11) is 0. The average molecular weight is 245 g/mol. The zero-order valence-corrected chi connectivity index (χ0v) is 11.0. The van der Waals surface area contributed by atoms with Crippen LogP contribution in [0.3, 0.4) is 0 Å². The van der Waals surface area contributed by atoms with Gasteiger partial charge in [0.05, 0.1) is 5.39 Å². The van der Waals surface area contributed by atoms with E-state index in [0.717, 1.165) is 48.1 Å². The minimum absolute atomic E-state index is 0.845. The molecule has 2 aromatic heterocycles. The van der Waals surface area contributed by atoms with Gasteiger partial charge in [-0.2, -0.15) is 9.97 Å². The van der Waals surface area contributed by atoms with Gasteiger partial charge in [0.2, 0.25) is 5.95 Å². The van der Waals surface area contributed by atoms with Gasteiger partial charge in [-0.1, -0.05) is 0 Å². The van der Waals surface area contributed by atoms with E-state index < -0.39 is 0 Å². The molecule has 0 bridgehead atoms. The van der Waals surface area contributed by atoms with E-state index in [2.05, 4.69) is 38.2 Å². The highest BCUT2D eigenvalue weighted by molar-refractivity contribution is 5.89. The number of nitrogens with one attached hydrogen (secondary N) is 2. The molecule has 0 atom stereocenters. The monoisotopic (exact) mass is 245 g/mol. The van der Waals surface area contributed by atoms with Crippen LogP contribution in [-0.4, -0.2) is 34.6 Å². The Kier molecular flexibility index (Phi) is 2.81. The smallest absolute Gasteiger partial charge is 0.229 e. The van der Waals surface area contributed by atoms with Crippen molar-refractivity contribution in [3.8, 4) is 0 Å². The molecule has 3 rings (SSSR count). The van der Waals surface area contributed by atoms with Gasteiger partial charge in [-0.15, -0.1) is 0 Å². The maximum atomic E-state index is 4.67. The normalized spacial score (nSPS) is 15.6. The van der Waals surface area contributed by atoms with Crippen LogP contribution in [-0.2, 0) is 0 Å². The van der Waals surface area contributed by atoms with Gasteiger partial charge < -0.3 is 15.2 Å². The second-order valence-corrected chi connectivity index (χ2v) is 4.81. The number of fused-ring (bicyclic) bond motifs is 1. The number of rotatable bonds is 3. The van der Waals surface area contributed by atoms with Crippen LogP contribution < -0.4 is 10.2 Å². The largest absolute Gasteiger partial charge is 0.370 e. The summed E-state index contributed by atoms with van der Waals surface area (Å²) in [5, 5.41) is 4.41. The summed E-state index contributed by atoms with van der Waals surface area (Å²) in [6.45, 7) is 7.14. The lowest BCUT2D eigenvalue weighted by Gasteiger charge is -2.16. The molecule has 0 aliphatic carbocycles. The van der Waals surface area contributed by atoms with E-state index in [0.29, 0.717) is 0 Å². The topological polar surface area (TPSA) is 56.8 Å². The molecule has 0 radical (unpaired) electrons. The standard InChI is InChI=1S/C13H19N5/c1-3-14-11-10-8-9(2)15-12(10)17-13(16-11)18-6-4-5-7-18/h8H,3-7H2,1-2H3,(H2,14,15,16,17). The molecule has 0 amide bonds. The number of hydrogen-bond acceptors (Lipinski definition) is 4. The van der Waals surface area contributed by atoms with Crippen LogP contribution in [0.25, 0.3) is 11.0 Å². The third kappa shape index (κ3) is 1.89. The molecular formula is C13H19N5. The number of hydrogen-bond donors (Lipinski definition) is 2. The molecule has 1 aliphatic heterocycles. The van der Waals surface area contributed by atoms with Gasteiger partial charge in [-0.05, 0) is 32.8 Å². The maximum Gasteiger partial charge on any atom is 0.229 e. The van der Waals surface area contributed by atoms with Crippen molar-refractivity contribution in [3.05, 3.63) is 11.8 Å². The van der Waals surface area contributed by atoms with Gasteiger partial charge in [-0.3, -0.25) is 0 Å². The molecular weight excluding hydrogens is 226 g/mol. The van der Waals surface area contributed by atoms with E-state index >= 15 is 0 Å². The molecule has 0 saturated carbocycles. The van der Waals surface area contributed by atoms with Gasteiger partial charge >= 0.3 is 0 Å². The predicted molar refractivity (Wildman–Crippen MR) is 74.2 cm³/mol. The lowest BCUT2D eigenvalue weighted by Crippen LogP contribution is -2.21. The molecule has 2 N–H and O–H groups in total. The van der Waals surface area contributed by atoms with Crippen molar-refractivity contribution in [1.29, 1.82) is 0 Å². The third-order valence-electron chi connectivity index (χ3n) is 3.34. The van der Waals surface area contributed by atoms with E-state index in [1.165, 1.54) is 12.8 Å². The van der Waals surface area contributed by atoms with Crippen molar-refractivity contribution in [2.75, 3.05) is 29.9 Å². The summed E-state index contributed by atoms with van der Waals surface area (Å²) in [5.74, 6) is 1.78. The summed E-state index contributed by atoms with van der Waals surface area (Å²) >= 11 is 0. The SMILES string of the molecule is CCNc1nc(N2CCCC2)nc2[nH]c(C)cc12. The van der Waals surface area contributed by atoms with Crippen molar-refractivity contribution in [2.24, 2.45) is 0 Å². The summed E-state index contributed by atoms with van der Waals surface area (Å²) in [5.41, 5.74) is 2.05. The fourth-order valence-corrected chi connectivity index (χ4v) is 2.49. The second kappa shape index (κ2) is 4.48. The van der Waals surface area contributed by atoms with Crippen molar-refractivity contribution in [1.82, 2.24) is 15.0 Å². The number of aryl methyl sites for hydroxylation is 1. The van der Waals surface area contributed by atoms with Crippen molar-refractivity contribution in [2.45, 2.75) is 26.7 Å². The lowest BCUT2D eigenvalue weighted by molar-refractivity contribution is 0.904. The number of anilines is 2. The summed E-state index contributed by atoms with van der Waals surface area (Å²) < 4.78 is 0. The fourth-order valence-electron chi connectivity index (χ4n) is 2.49. The maximum absolute atomic E-state index is 4.67. The molecule has 5 heteroatoms. The molecule has 1 aliphatic rings. The van der Waals surface area contributed by atoms with E-state index in [1.54, 1.807) is 0 Å². The summed E-state index contributed by atoms with van der Waals surface area (Å²) in [4.78, 5) is 14.9. The number of nitrogens with zero attached hydrogens (tertiary/aromatic N) is 3. The van der Waals surface area contributed by atoms with Crippen LogP contribution in [0.5, 0.6) is 0 Å². The number of aromatic amines is 1. The highest BCUT2D eigenvalue weighted by Crippen LogP contribution is 2.25. The molecule has 0 aromatic carbocycles. The van der Waals surface area contributed by atoms with Gasteiger partial charge in [0.1, 0.15) is 11.5 Å². The Hall–Kier alpha value is -1.78. The van der Waals surface area contributed by atoms with Gasteiger partial charge in [0.15, 0.2) is 0 Å². The molecule has 3 heterocycles. The first kappa shape index (κ1) is 11.3. The molecule has 96 valence electrons. The molecule has 0 unspecified atom stereocenters. The fraction of sp³-hybridized carbons (Fsp3) is 0.538. The minimum atomic E-state index is 0.845. The Labute approximate surface area is 107 Å². The highest BCUT2D eigenvalue weighted by atomic mass is 15.3. The summed E-state index contributed by atoms with van der Waals surface area (Å²) in [6, 6.07) is 2.10. The van der Waals surface area contributed by atoms with E-state index in [4.69, 9.17) is 0 Å². The number of aromatic nitrogens is 3. The van der Waals surface area contributed by atoms with Gasteiger partial charge in [0.25, 0.3) is 0 Å². The van der Waals surface area contributed by atoms with Crippen molar-refractivity contribution in [3.63, 3.8) is 0 Å². The van der Waals surface area contributed by atoms with Gasteiger partial charge in [0, 0.05) is 25.3 Å². The zero-order chi connectivity index (χ0) is 12.5. The van der Waals surface area contributed by atoms with Crippen molar-refractivity contribution >= 4 is 22.8 Å². The first-order valence-corrected chi connectivity index (χ1v) is 6.64.